The molecule has 2 N–H and O–H groups in total. The first-order valence-electron chi connectivity index (χ1n) is 8.87. The fourth-order valence-corrected chi connectivity index (χ4v) is 2.91. The van der Waals surface area contributed by atoms with Gasteiger partial charge in [0, 0.05) is 17.1 Å². The third-order valence-electron chi connectivity index (χ3n) is 4.24. The molecule has 3 aromatic carbocycles. The van der Waals surface area contributed by atoms with Crippen LogP contribution in [-0.4, -0.2) is 22.0 Å². The molecule has 0 bridgehead atoms. The number of benzene rings is 3. The van der Waals surface area contributed by atoms with Crippen molar-refractivity contribution in [3.63, 3.8) is 0 Å². The Balaban J connectivity index is 1.62. The molecule has 29 heavy (non-hydrogen) atoms. The van der Waals surface area contributed by atoms with Crippen LogP contribution in [0.4, 0.5) is 5.69 Å². The zero-order chi connectivity index (χ0) is 20.2. The van der Waals surface area contributed by atoms with Gasteiger partial charge >= 0.3 is 5.97 Å². The van der Waals surface area contributed by atoms with E-state index < -0.39 is 11.9 Å². The summed E-state index contributed by atoms with van der Waals surface area (Å²) in [6.07, 6.45) is 0. The zero-order valence-electron chi connectivity index (χ0n) is 15.2. The topological polar surface area (TPSA) is 88.5 Å². The fraction of sp³-hybridized carbons (Fsp3) is 0. The normalized spacial score (nSPS) is 10.5. The van der Waals surface area contributed by atoms with Crippen LogP contribution < -0.4 is 10.1 Å². The molecule has 0 aliphatic heterocycles. The highest BCUT2D eigenvalue weighted by molar-refractivity contribution is 6.11. The van der Waals surface area contributed by atoms with E-state index in [4.69, 9.17) is 4.74 Å². The second-order valence-electron chi connectivity index (χ2n) is 6.28. The Labute approximate surface area is 166 Å². The van der Waals surface area contributed by atoms with Gasteiger partial charge in [-0.1, -0.05) is 42.5 Å². The lowest BCUT2D eigenvalue weighted by molar-refractivity contribution is 0.0686. The van der Waals surface area contributed by atoms with Gasteiger partial charge in [0.15, 0.2) is 5.69 Å². The molecule has 0 aliphatic carbocycles. The molecule has 0 saturated carbocycles. The number of ether oxygens (including phenoxy) is 1. The number of fused-ring (bicyclic) bond motifs is 1. The van der Waals surface area contributed by atoms with Crippen LogP contribution in [0, 0.1) is 0 Å². The van der Waals surface area contributed by atoms with E-state index in [1.54, 1.807) is 48.5 Å². The van der Waals surface area contributed by atoms with Crippen molar-refractivity contribution in [3.8, 4) is 11.5 Å². The molecule has 6 heteroatoms. The van der Waals surface area contributed by atoms with Gasteiger partial charge in [0.1, 0.15) is 11.5 Å². The number of carbonyl (C=O) groups is 2. The number of amides is 1. The standard InChI is InChI=1S/C23H16N2O4/c26-22(19-13-15-7-4-5-12-20(15)25-21(19)23(27)28)24-16-8-6-11-18(14-16)29-17-9-2-1-3-10-17/h1-14H,(H,24,26)(H,27,28). The second kappa shape index (κ2) is 7.82. The molecule has 6 nitrogen and oxygen atoms in total. The Kier molecular flexibility index (Phi) is 4.90. The van der Waals surface area contributed by atoms with Gasteiger partial charge in [-0.05, 0) is 36.4 Å². The second-order valence-corrected chi connectivity index (χ2v) is 6.28. The number of aromatic carboxylic acids is 1. The van der Waals surface area contributed by atoms with Crippen molar-refractivity contribution in [1.29, 1.82) is 0 Å². The number of para-hydroxylation sites is 2. The molecule has 1 heterocycles. The average molecular weight is 384 g/mol. The number of carbonyl (C=O) groups excluding carboxylic acids is 1. The molecule has 1 amide bonds. The summed E-state index contributed by atoms with van der Waals surface area (Å²) in [6, 6.07) is 24.7. The van der Waals surface area contributed by atoms with Gasteiger partial charge < -0.3 is 15.2 Å². The van der Waals surface area contributed by atoms with E-state index in [2.05, 4.69) is 10.3 Å². The van der Waals surface area contributed by atoms with E-state index in [0.29, 0.717) is 28.1 Å². The molecule has 0 saturated heterocycles. The number of rotatable bonds is 5. The first-order chi connectivity index (χ1) is 14.1. The molecule has 1 aromatic heterocycles. The maximum atomic E-state index is 12.8. The minimum Gasteiger partial charge on any atom is -0.476 e. The van der Waals surface area contributed by atoms with E-state index in [1.807, 2.05) is 30.3 Å². The number of anilines is 1. The van der Waals surface area contributed by atoms with Crippen molar-refractivity contribution in [2.45, 2.75) is 0 Å². The van der Waals surface area contributed by atoms with E-state index in [1.165, 1.54) is 6.07 Å². The molecular formula is C23H16N2O4. The summed E-state index contributed by atoms with van der Waals surface area (Å²) in [5.74, 6) is -0.605. The lowest BCUT2D eigenvalue weighted by Crippen LogP contribution is -2.18. The summed E-state index contributed by atoms with van der Waals surface area (Å²) >= 11 is 0. The van der Waals surface area contributed by atoms with Crippen LogP contribution in [0.2, 0.25) is 0 Å². The Hall–Kier alpha value is -4.19. The highest BCUT2D eigenvalue weighted by Gasteiger charge is 2.20. The Morgan fingerprint density at radius 2 is 1.55 bits per heavy atom. The number of nitrogens with one attached hydrogen (secondary N) is 1. The van der Waals surface area contributed by atoms with Crippen LogP contribution in [0.5, 0.6) is 11.5 Å². The Bertz CT molecular complexity index is 1210. The monoisotopic (exact) mass is 384 g/mol. The van der Waals surface area contributed by atoms with Gasteiger partial charge in [0.2, 0.25) is 0 Å². The number of aromatic nitrogens is 1. The summed E-state index contributed by atoms with van der Waals surface area (Å²) in [5.41, 5.74) is 0.691. The largest absolute Gasteiger partial charge is 0.476 e. The predicted octanol–water partition coefficient (Wildman–Crippen LogP) is 4.98. The van der Waals surface area contributed by atoms with Gasteiger partial charge in [-0.2, -0.15) is 0 Å². The number of hydrogen-bond donors (Lipinski definition) is 2. The van der Waals surface area contributed by atoms with Gasteiger partial charge in [-0.15, -0.1) is 0 Å². The van der Waals surface area contributed by atoms with Crippen LogP contribution >= 0.6 is 0 Å². The molecule has 0 atom stereocenters. The van der Waals surface area contributed by atoms with Crippen LogP contribution in [0.3, 0.4) is 0 Å². The van der Waals surface area contributed by atoms with Crippen molar-refractivity contribution in [3.05, 3.63) is 96.2 Å². The molecule has 4 aromatic rings. The molecular weight excluding hydrogens is 368 g/mol. The van der Waals surface area contributed by atoms with E-state index in [9.17, 15) is 14.7 Å². The fourth-order valence-electron chi connectivity index (χ4n) is 2.91. The Morgan fingerprint density at radius 3 is 2.34 bits per heavy atom. The van der Waals surface area contributed by atoms with Gasteiger partial charge in [0.25, 0.3) is 5.91 Å². The maximum Gasteiger partial charge on any atom is 0.355 e. The van der Waals surface area contributed by atoms with Crippen molar-refractivity contribution in [2.24, 2.45) is 0 Å². The Morgan fingerprint density at radius 1 is 0.828 bits per heavy atom. The van der Waals surface area contributed by atoms with Gasteiger partial charge in [0.05, 0.1) is 11.1 Å². The van der Waals surface area contributed by atoms with Crippen LogP contribution in [0.25, 0.3) is 10.9 Å². The van der Waals surface area contributed by atoms with Gasteiger partial charge in [-0.3, -0.25) is 4.79 Å². The number of carboxylic acids is 1. The molecule has 0 radical (unpaired) electrons. The smallest absolute Gasteiger partial charge is 0.355 e. The number of carboxylic acid groups (broad SMARTS) is 1. The van der Waals surface area contributed by atoms with E-state index >= 15 is 0 Å². The first-order valence-corrected chi connectivity index (χ1v) is 8.87. The zero-order valence-corrected chi connectivity index (χ0v) is 15.2. The highest BCUT2D eigenvalue weighted by Crippen LogP contribution is 2.25. The van der Waals surface area contributed by atoms with Gasteiger partial charge in [-0.25, -0.2) is 9.78 Å². The minimum absolute atomic E-state index is 0.00872. The number of hydrogen-bond acceptors (Lipinski definition) is 4. The molecule has 0 unspecified atom stereocenters. The number of pyridine rings is 1. The minimum atomic E-state index is -1.26. The number of nitrogens with zero attached hydrogens (tertiary/aromatic N) is 1. The quantitative estimate of drug-likeness (QED) is 0.507. The third-order valence-corrected chi connectivity index (χ3v) is 4.24. The SMILES string of the molecule is O=C(Nc1cccc(Oc2ccccc2)c1)c1cc2ccccc2nc1C(=O)O. The molecule has 0 spiro atoms. The molecule has 0 aliphatic rings. The van der Waals surface area contributed by atoms with Crippen LogP contribution in [-0.2, 0) is 0 Å². The van der Waals surface area contributed by atoms with Crippen molar-refractivity contribution < 1.29 is 19.4 Å². The maximum absolute atomic E-state index is 12.8. The first kappa shape index (κ1) is 18.2. The molecule has 0 fully saturated rings. The van der Waals surface area contributed by atoms with Crippen LogP contribution in [0.1, 0.15) is 20.8 Å². The van der Waals surface area contributed by atoms with Crippen molar-refractivity contribution in [1.82, 2.24) is 4.98 Å². The van der Waals surface area contributed by atoms with E-state index in [0.717, 1.165) is 0 Å². The summed E-state index contributed by atoms with van der Waals surface area (Å²) < 4.78 is 5.77. The third kappa shape index (κ3) is 4.06. The summed E-state index contributed by atoms with van der Waals surface area (Å²) in [4.78, 5) is 28.5. The predicted molar refractivity (Wildman–Crippen MR) is 110 cm³/mol. The lowest BCUT2D eigenvalue weighted by atomic mass is 10.1. The van der Waals surface area contributed by atoms with E-state index in [-0.39, 0.29) is 11.3 Å². The molecule has 4 rings (SSSR count). The highest BCUT2D eigenvalue weighted by atomic mass is 16.5. The average Bonchev–Trinajstić information content (AvgIpc) is 2.73. The summed E-state index contributed by atoms with van der Waals surface area (Å²) in [5, 5.41) is 12.9. The molecule has 142 valence electrons. The lowest BCUT2D eigenvalue weighted by Gasteiger charge is -2.11. The van der Waals surface area contributed by atoms with Crippen LogP contribution in [0.15, 0.2) is 84.9 Å². The van der Waals surface area contributed by atoms with Crippen molar-refractivity contribution in [2.75, 3.05) is 5.32 Å². The summed E-state index contributed by atoms with van der Waals surface area (Å²) in [7, 11) is 0. The summed E-state index contributed by atoms with van der Waals surface area (Å²) in [6.45, 7) is 0. The van der Waals surface area contributed by atoms with Crippen molar-refractivity contribution >= 4 is 28.5 Å².